The van der Waals surface area contributed by atoms with Gasteiger partial charge in [0.1, 0.15) is 12.4 Å². The van der Waals surface area contributed by atoms with Crippen molar-refractivity contribution in [2.45, 2.75) is 26.0 Å². The second-order valence-electron chi connectivity index (χ2n) is 6.71. The lowest BCUT2D eigenvalue weighted by molar-refractivity contribution is 0.0827. The Hall–Kier alpha value is -2.24. The molecule has 0 bridgehead atoms. The van der Waals surface area contributed by atoms with Crippen molar-refractivity contribution in [3.63, 3.8) is 0 Å². The maximum Gasteiger partial charge on any atom is 0.410 e. The Bertz CT molecular complexity index is 754. The van der Waals surface area contributed by atoms with Crippen molar-refractivity contribution in [2.24, 2.45) is 0 Å². The molecule has 0 radical (unpaired) electrons. The molecule has 6 heteroatoms. The lowest BCUT2D eigenvalue weighted by atomic mass is 10.1. The summed E-state index contributed by atoms with van der Waals surface area (Å²) in [6, 6.07) is 15.6. The van der Waals surface area contributed by atoms with Gasteiger partial charge in [0.25, 0.3) is 0 Å². The predicted octanol–water partition coefficient (Wildman–Crippen LogP) is 4.03. The molecule has 3 rings (SSSR count). The molecule has 1 aliphatic heterocycles. The number of aryl methyl sites for hydroxylation is 1. The first-order chi connectivity index (χ1) is 13.1. The van der Waals surface area contributed by atoms with E-state index in [4.69, 9.17) is 21.1 Å². The van der Waals surface area contributed by atoms with Gasteiger partial charge in [-0.05, 0) is 36.6 Å². The molecule has 1 atom stereocenters. The Labute approximate surface area is 165 Å². The number of rotatable bonds is 6. The zero-order valence-electron chi connectivity index (χ0n) is 15.5. The number of halogens is 1. The smallest absolute Gasteiger partial charge is 0.410 e. The van der Waals surface area contributed by atoms with Crippen LogP contribution in [-0.4, -0.2) is 43.3 Å². The summed E-state index contributed by atoms with van der Waals surface area (Å²) in [5.41, 5.74) is 2.09. The van der Waals surface area contributed by atoms with Gasteiger partial charge in [0.05, 0.1) is 11.6 Å². The molecule has 1 saturated heterocycles. The van der Waals surface area contributed by atoms with Crippen LogP contribution in [0.5, 0.6) is 5.75 Å². The monoisotopic (exact) mass is 388 g/mol. The van der Waals surface area contributed by atoms with Crippen molar-refractivity contribution < 1.29 is 14.3 Å². The highest BCUT2D eigenvalue weighted by atomic mass is 35.5. The molecule has 1 amide bonds. The Morgan fingerprint density at radius 1 is 1.26 bits per heavy atom. The molecule has 0 saturated carbocycles. The SMILES string of the molecule is Cc1ccc(OCC[C@@H]2CN(C(=O)OCc3ccccc3)CCN2)c(Cl)c1. The molecule has 1 N–H and O–H groups in total. The van der Waals surface area contributed by atoms with E-state index >= 15 is 0 Å². The van der Waals surface area contributed by atoms with E-state index < -0.39 is 0 Å². The topological polar surface area (TPSA) is 50.8 Å². The highest BCUT2D eigenvalue weighted by Gasteiger charge is 2.24. The van der Waals surface area contributed by atoms with Crippen LogP contribution in [0.3, 0.4) is 0 Å². The van der Waals surface area contributed by atoms with Crippen LogP contribution in [0, 0.1) is 6.92 Å². The molecule has 0 aliphatic carbocycles. The molecule has 27 heavy (non-hydrogen) atoms. The number of nitrogens with zero attached hydrogens (tertiary/aromatic N) is 1. The van der Waals surface area contributed by atoms with Crippen LogP contribution in [-0.2, 0) is 11.3 Å². The number of hydrogen-bond donors (Lipinski definition) is 1. The maximum absolute atomic E-state index is 12.3. The maximum atomic E-state index is 12.3. The number of amides is 1. The highest BCUT2D eigenvalue weighted by Crippen LogP contribution is 2.25. The predicted molar refractivity (Wildman–Crippen MR) is 106 cm³/mol. The first-order valence-electron chi connectivity index (χ1n) is 9.20. The van der Waals surface area contributed by atoms with Gasteiger partial charge < -0.3 is 19.7 Å². The van der Waals surface area contributed by atoms with Crippen molar-refractivity contribution >= 4 is 17.7 Å². The van der Waals surface area contributed by atoms with Crippen molar-refractivity contribution in [1.29, 1.82) is 0 Å². The summed E-state index contributed by atoms with van der Waals surface area (Å²) in [4.78, 5) is 14.1. The van der Waals surface area contributed by atoms with E-state index in [9.17, 15) is 4.79 Å². The van der Waals surface area contributed by atoms with Crippen LogP contribution in [0.25, 0.3) is 0 Å². The van der Waals surface area contributed by atoms with Crippen LogP contribution in [0.1, 0.15) is 17.5 Å². The van der Waals surface area contributed by atoms with Crippen molar-refractivity contribution in [1.82, 2.24) is 10.2 Å². The molecule has 1 aliphatic rings. The molecular weight excluding hydrogens is 364 g/mol. The van der Waals surface area contributed by atoms with Crippen LogP contribution in [0.4, 0.5) is 4.79 Å². The second kappa shape index (κ2) is 9.62. The molecule has 1 heterocycles. The minimum atomic E-state index is -0.271. The van der Waals surface area contributed by atoms with Crippen LogP contribution >= 0.6 is 11.6 Å². The van der Waals surface area contributed by atoms with Crippen LogP contribution < -0.4 is 10.1 Å². The van der Waals surface area contributed by atoms with Crippen molar-refractivity contribution in [2.75, 3.05) is 26.2 Å². The van der Waals surface area contributed by atoms with Crippen LogP contribution in [0.15, 0.2) is 48.5 Å². The van der Waals surface area contributed by atoms with Gasteiger partial charge in [-0.1, -0.05) is 48.0 Å². The number of benzene rings is 2. The van der Waals surface area contributed by atoms with E-state index in [1.165, 1.54) is 0 Å². The lowest BCUT2D eigenvalue weighted by Crippen LogP contribution is -2.53. The zero-order valence-corrected chi connectivity index (χ0v) is 16.2. The minimum absolute atomic E-state index is 0.173. The summed E-state index contributed by atoms with van der Waals surface area (Å²) in [6.45, 7) is 4.83. The minimum Gasteiger partial charge on any atom is -0.492 e. The van der Waals surface area contributed by atoms with E-state index in [-0.39, 0.29) is 12.1 Å². The average molecular weight is 389 g/mol. The highest BCUT2D eigenvalue weighted by molar-refractivity contribution is 6.32. The first kappa shape index (κ1) is 19.5. The third-order valence-electron chi connectivity index (χ3n) is 4.53. The molecule has 1 fully saturated rings. The number of carbonyl (C=O) groups is 1. The second-order valence-corrected chi connectivity index (χ2v) is 7.12. The van der Waals surface area contributed by atoms with Gasteiger partial charge in [0.15, 0.2) is 0 Å². The van der Waals surface area contributed by atoms with Gasteiger partial charge in [-0.3, -0.25) is 0 Å². The third-order valence-corrected chi connectivity index (χ3v) is 4.83. The van der Waals surface area contributed by atoms with E-state index in [0.29, 0.717) is 37.1 Å². The molecule has 2 aromatic carbocycles. The molecule has 5 nitrogen and oxygen atoms in total. The molecule has 2 aromatic rings. The number of piperazine rings is 1. The van der Waals surface area contributed by atoms with E-state index in [0.717, 1.165) is 24.1 Å². The standard InChI is InChI=1S/C21H25ClN2O3/c1-16-7-8-20(19(22)13-16)26-12-9-18-14-24(11-10-23-18)21(25)27-15-17-5-3-2-4-6-17/h2-8,13,18,23H,9-12,14-15H2,1H3/t18-/m1/s1. The third kappa shape index (κ3) is 5.88. The summed E-state index contributed by atoms with van der Waals surface area (Å²) in [5, 5.41) is 4.05. The fourth-order valence-electron chi connectivity index (χ4n) is 3.03. The van der Waals surface area contributed by atoms with Gasteiger partial charge in [0, 0.05) is 25.7 Å². The fourth-order valence-corrected chi connectivity index (χ4v) is 3.32. The molecule has 144 valence electrons. The summed E-state index contributed by atoms with van der Waals surface area (Å²) in [5.74, 6) is 0.692. The average Bonchev–Trinajstić information content (AvgIpc) is 2.69. The van der Waals surface area contributed by atoms with Gasteiger partial charge >= 0.3 is 6.09 Å². The first-order valence-corrected chi connectivity index (χ1v) is 9.57. The van der Waals surface area contributed by atoms with Crippen LogP contribution in [0.2, 0.25) is 5.02 Å². The quantitative estimate of drug-likeness (QED) is 0.811. The zero-order chi connectivity index (χ0) is 19.1. The van der Waals surface area contributed by atoms with E-state index in [1.54, 1.807) is 4.90 Å². The van der Waals surface area contributed by atoms with Gasteiger partial charge in [-0.2, -0.15) is 0 Å². The van der Waals surface area contributed by atoms with Crippen molar-refractivity contribution in [3.05, 3.63) is 64.7 Å². The number of nitrogens with one attached hydrogen (secondary N) is 1. The normalized spacial score (nSPS) is 16.8. The lowest BCUT2D eigenvalue weighted by Gasteiger charge is -2.33. The van der Waals surface area contributed by atoms with E-state index in [2.05, 4.69) is 5.32 Å². The fraction of sp³-hybridized carbons (Fsp3) is 0.381. The largest absolute Gasteiger partial charge is 0.492 e. The molecule has 0 spiro atoms. The van der Waals surface area contributed by atoms with E-state index in [1.807, 2.05) is 55.5 Å². The van der Waals surface area contributed by atoms with Gasteiger partial charge in [0.2, 0.25) is 0 Å². The number of ether oxygens (including phenoxy) is 2. The molecular formula is C21H25ClN2O3. The summed E-state index contributed by atoms with van der Waals surface area (Å²) in [6.07, 6.45) is 0.514. The number of carbonyl (C=O) groups excluding carboxylic acids is 1. The summed E-state index contributed by atoms with van der Waals surface area (Å²) >= 11 is 6.19. The Morgan fingerprint density at radius 3 is 2.85 bits per heavy atom. The molecule has 0 unspecified atom stereocenters. The van der Waals surface area contributed by atoms with Crippen molar-refractivity contribution in [3.8, 4) is 5.75 Å². The summed E-state index contributed by atoms with van der Waals surface area (Å²) < 4.78 is 11.2. The summed E-state index contributed by atoms with van der Waals surface area (Å²) in [7, 11) is 0. The Balaban J connectivity index is 1.42. The number of hydrogen-bond acceptors (Lipinski definition) is 4. The Morgan fingerprint density at radius 2 is 2.07 bits per heavy atom. The molecule has 0 aromatic heterocycles. The van der Waals surface area contributed by atoms with Gasteiger partial charge in [-0.25, -0.2) is 4.79 Å². The van der Waals surface area contributed by atoms with Gasteiger partial charge in [-0.15, -0.1) is 0 Å². The Kier molecular flexibility index (Phi) is 6.96.